The Morgan fingerprint density at radius 1 is 0.386 bits per heavy atom. The molecular formula is C51H80O6. The lowest BCUT2D eigenvalue weighted by Gasteiger charge is -2.18. The quantitative estimate of drug-likeness (QED) is 0.0204. The predicted octanol–water partition coefficient (Wildman–Crippen LogP) is 14.4. The number of ether oxygens (including phenoxy) is 3. The summed E-state index contributed by atoms with van der Waals surface area (Å²) >= 11 is 0. The summed E-state index contributed by atoms with van der Waals surface area (Å²) in [4.78, 5) is 37.6. The molecule has 57 heavy (non-hydrogen) atoms. The van der Waals surface area contributed by atoms with Gasteiger partial charge in [-0.3, -0.25) is 14.4 Å². The van der Waals surface area contributed by atoms with Gasteiger partial charge in [0.15, 0.2) is 6.10 Å². The fourth-order valence-corrected chi connectivity index (χ4v) is 5.52. The molecule has 1 atom stereocenters. The molecule has 0 heterocycles. The maximum Gasteiger partial charge on any atom is 0.306 e. The molecule has 0 bridgehead atoms. The summed E-state index contributed by atoms with van der Waals surface area (Å²) < 4.78 is 16.5. The summed E-state index contributed by atoms with van der Waals surface area (Å²) in [6.45, 7) is 6.27. The van der Waals surface area contributed by atoms with Gasteiger partial charge in [0.2, 0.25) is 0 Å². The number of unbranched alkanes of at least 4 members (excludes halogenated alkanes) is 13. The summed E-state index contributed by atoms with van der Waals surface area (Å²) in [5, 5.41) is 0. The Morgan fingerprint density at radius 3 is 1.30 bits per heavy atom. The molecule has 320 valence electrons. The number of hydrogen-bond acceptors (Lipinski definition) is 6. The minimum atomic E-state index is -0.859. The molecule has 0 rings (SSSR count). The molecule has 0 aliphatic rings. The van der Waals surface area contributed by atoms with Gasteiger partial charge in [-0.05, 0) is 70.6 Å². The van der Waals surface area contributed by atoms with Crippen LogP contribution < -0.4 is 0 Å². The molecule has 0 saturated heterocycles. The van der Waals surface area contributed by atoms with E-state index >= 15 is 0 Å². The zero-order chi connectivity index (χ0) is 41.5. The lowest BCUT2D eigenvalue weighted by molar-refractivity contribution is -0.166. The van der Waals surface area contributed by atoms with Crippen molar-refractivity contribution in [3.63, 3.8) is 0 Å². The number of hydrogen-bond donors (Lipinski definition) is 0. The summed E-state index contributed by atoms with van der Waals surface area (Å²) in [7, 11) is 0. The molecule has 0 radical (unpaired) electrons. The van der Waals surface area contributed by atoms with Crippen LogP contribution in [0.25, 0.3) is 0 Å². The Labute approximate surface area is 349 Å². The van der Waals surface area contributed by atoms with Crippen molar-refractivity contribution in [1.82, 2.24) is 0 Å². The molecule has 0 N–H and O–H groups in total. The van der Waals surface area contributed by atoms with Crippen LogP contribution in [0.3, 0.4) is 0 Å². The molecule has 0 spiro atoms. The lowest BCUT2D eigenvalue weighted by atomic mass is 10.1. The second kappa shape index (κ2) is 44.8. The Hall–Kier alpha value is -3.93. The Bertz CT molecular complexity index is 1230. The number of esters is 3. The van der Waals surface area contributed by atoms with Gasteiger partial charge in [-0.2, -0.15) is 0 Å². The van der Waals surface area contributed by atoms with Crippen LogP contribution in [0, 0.1) is 0 Å². The van der Waals surface area contributed by atoms with Crippen molar-refractivity contribution < 1.29 is 28.6 Å². The SMILES string of the molecule is CC\C=C/C=C\C=C/C=C\C=C/CCCC(=O)OCC(COC(=O)CC/C=C\C/C=C\CCCCCCCC)OC(=O)CC/C=C\C/C=C\CCCCCCCC. The van der Waals surface area contributed by atoms with Crippen molar-refractivity contribution in [3.05, 3.63) is 109 Å². The van der Waals surface area contributed by atoms with Crippen LogP contribution in [0.5, 0.6) is 0 Å². The summed E-state index contributed by atoms with van der Waals surface area (Å²) in [6.07, 6.45) is 59.6. The van der Waals surface area contributed by atoms with E-state index in [9.17, 15) is 14.4 Å². The molecule has 0 saturated carbocycles. The smallest absolute Gasteiger partial charge is 0.306 e. The number of carbonyl (C=O) groups excluding carboxylic acids is 3. The Balaban J connectivity index is 4.67. The van der Waals surface area contributed by atoms with Gasteiger partial charge < -0.3 is 14.2 Å². The fourth-order valence-electron chi connectivity index (χ4n) is 5.52. The highest BCUT2D eigenvalue weighted by molar-refractivity contribution is 5.71. The molecular weight excluding hydrogens is 709 g/mol. The van der Waals surface area contributed by atoms with Gasteiger partial charge in [0.25, 0.3) is 0 Å². The van der Waals surface area contributed by atoms with Crippen molar-refractivity contribution in [2.75, 3.05) is 13.2 Å². The highest BCUT2D eigenvalue weighted by Crippen LogP contribution is 2.10. The van der Waals surface area contributed by atoms with E-state index in [1.54, 1.807) is 0 Å². The Morgan fingerprint density at radius 2 is 0.789 bits per heavy atom. The zero-order valence-electron chi connectivity index (χ0n) is 36.3. The first-order chi connectivity index (χ1) is 28.0. The largest absolute Gasteiger partial charge is 0.462 e. The summed E-state index contributed by atoms with van der Waals surface area (Å²) in [6, 6.07) is 0. The average Bonchev–Trinajstić information content (AvgIpc) is 3.21. The van der Waals surface area contributed by atoms with E-state index in [1.165, 1.54) is 77.0 Å². The van der Waals surface area contributed by atoms with Crippen molar-refractivity contribution >= 4 is 17.9 Å². The van der Waals surface area contributed by atoms with Gasteiger partial charge in [-0.25, -0.2) is 0 Å². The van der Waals surface area contributed by atoms with Crippen LogP contribution in [0.15, 0.2) is 109 Å². The first kappa shape index (κ1) is 53.1. The molecule has 6 nitrogen and oxygen atoms in total. The van der Waals surface area contributed by atoms with E-state index in [4.69, 9.17) is 14.2 Å². The molecule has 0 aromatic carbocycles. The highest BCUT2D eigenvalue weighted by atomic mass is 16.6. The predicted molar refractivity (Wildman–Crippen MR) is 242 cm³/mol. The number of allylic oxidation sites excluding steroid dienone is 18. The minimum absolute atomic E-state index is 0.156. The second-order valence-corrected chi connectivity index (χ2v) is 14.3. The van der Waals surface area contributed by atoms with E-state index in [0.717, 1.165) is 38.5 Å². The van der Waals surface area contributed by atoms with Crippen LogP contribution in [-0.2, 0) is 28.6 Å². The monoisotopic (exact) mass is 789 g/mol. The van der Waals surface area contributed by atoms with Gasteiger partial charge in [-0.1, -0.05) is 194 Å². The standard InChI is InChI=1S/C51H80O6/c1-4-7-10-13-16-19-22-25-28-31-34-37-40-43-49(52)55-46-48(57-51(54)45-42-39-36-33-30-27-24-21-18-15-12-9-6-3)47-56-50(53)44-41-38-35-32-29-26-23-20-17-14-11-8-5-2/h7,10,13,16,19,22,25-31,34-36,38-39,48H,4-6,8-9,11-12,14-15,17-18,20-21,23-24,32-33,37,40-47H2,1-3H3/b10-7-,16-13-,22-19-,28-25-,29-26-,30-27-,34-31-,38-35-,39-36-. The molecule has 1 unspecified atom stereocenters. The highest BCUT2D eigenvalue weighted by Gasteiger charge is 2.19. The first-order valence-electron chi connectivity index (χ1n) is 22.5. The Kier molecular flexibility index (Phi) is 41.7. The van der Waals surface area contributed by atoms with Crippen molar-refractivity contribution in [1.29, 1.82) is 0 Å². The van der Waals surface area contributed by atoms with Crippen LogP contribution in [0.4, 0.5) is 0 Å². The molecule has 0 fully saturated rings. The maximum atomic E-state index is 12.7. The van der Waals surface area contributed by atoms with Crippen LogP contribution in [-0.4, -0.2) is 37.2 Å². The third-order valence-electron chi connectivity index (χ3n) is 8.89. The molecule has 0 aromatic heterocycles. The van der Waals surface area contributed by atoms with Gasteiger partial charge in [0.1, 0.15) is 13.2 Å². The molecule has 0 aliphatic carbocycles. The van der Waals surface area contributed by atoms with Crippen molar-refractivity contribution in [3.8, 4) is 0 Å². The van der Waals surface area contributed by atoms with Gasteiger partial charge in [0.05, 0.1) is 0 Å². The second-order valence-electron chi connectivity index (χ2n) is 14.3. The minimum Gasteiger partial charge on any atom is -0.462 e. The number of rotatable bonds is 38. The van der Waals surface area contributed by atoms with Gasteiger partial charge in [-0.15, -0.1) is 0 Å². The lowest BCUT2D eigenvalue weighted by Crippen LogP contribution is -2.30. The van der Waals surface area contributed by atoms with Gasteiger partial charge >= 0.3 is 17.9 Å². The molecule has 0 aliphatic heterocycles. The fraction of sp³-hybridized carbons (Fsp3) is 0.588. The van der Waals surface area contributed by atoms with Crippen molar-refractivity contribution in [2.45, 2.75) is 181 Å². The third-order valence-corrected chi connectivity index (χ3v) is 8.89. The zero-order valence-corrected chi connectivity index (χ0v) is 36.3. The van der Waals surface area contributed by atoms with E-state index in [2.05, 4.69) is 63.3 Å². The molecule has 0 amide bonds. The van der Waals surface area contributed by atoms with Gasteiger partial charge in [0, 0.05) is 19.3 Å². The summed E-state index contributed by atoms with van der Waals surface area (Å²) in [5.41, 5.74) is 0. The van der Waals surface area contributed by atoms with E-state index in [1.807, 2.05) is 66.8 Å². The molecule has 6 heteroatoms. The number of carbonyl (C=O) groups is 3. The van der Waals surface area contributed by atoms with Crippen molar-refractivity contribution in [2.24, 2.45) is 0 Å². The topological polar surface area (TPSA) is 78.9 Å². The maximum absolute atomic E-state index is 12.7. The van der Waals surface area contributed by atoms with Crippen LogP contribution in [0.2, 0.25) is 0 Å². The molecule has 0 aromatic rings. The summed E-state index contributed by atoms with van der Waals surface area (Å²) in [5.74, 6) is -1.17. The van der Waals surface area contributed by atoms with Crippen LogP contribution in [0.1, 0.15) is 175 Å². The van der Waals surface area contributed by atoms with E-state index in [-0.39, 0.29) is 44.4 Å². The normalized spacial score (nSPS) is 13.1. The first-order valence-corrected chi connectivity index (χ1v) is 22.5. The average molecular weight is 789 g/mol. The third kappa shape index (κ3) is 43.0. The van der Waals surface area contributed by atoms with Crippen LogP contribution >= 0.6 is 0 Å². The van der Waals surface area contributed by atoms with E-state index < -0.39 is 12.1 Å². The van der Waals surface area contributed by atoms with E-state index in [0.29, 0.717) is 19.3 Å².